The van der Waals surface area contributed by atoms with Crippen LogP contribution in [0.25, 0.3) is 0 Å². The Balaban J connectivity index is 1.83. The van der Waals surface area contributed by atoms with Crippen molar-refractivity contribution in [2.24, 2.45) is 0 Å². The second-order valence-electron chi connectivity index (χ2n) is 5.87. The average molecular weight is 386 g/mol. The molecule has 0 spiro atoms. The van der Waals surface area contributed by atoms with Crippen LogP contribution in [0.3, 0.4) is 0 Å². The third kappa shape index (κ3) is 3.98. The number of carbonyl (C=O) groups excluding carboxylic acids is 3. The lowest BCUT2D eigenvalue weighted by molar-refractivity contribution is -0.132. The number of hydrazine groups is 1. The number of benzene rings is 1. The molecule has 1 unspecified atom stereocenters. The summed E-state index contributed by atoms with van der Waals surface area (Å²) >= 11 is 5.41. The normalized spacial score (nSPS) is 16.6. The Labute approximate surface area is 161 Å². The van der Waals surface area contributed by atoms with Crippen LogP contribution in [0.1, 0.15) is 22.5 Å². The predicted molar refractivity (Wildman–Crippen MR) is 100 cm³/mol. The van der Waals surface area contributed by atoms with Gasteiger partial charge in [0.2, 0.25) is 5.91 Å². The molecule has 0 bridgehead atoms. The van der Waals surface area contributed by atoms with Crippen molar-refractivity contribution in [3.8, 4) is 0 Å². The highest BCUT2D eigenvalue weighted by Crippen LogP contribution is 2.21. The molecule has 0 radical (unpaired) electrons. The quantitative estimate of drug-likeness (QED) is 0.721. The molecule has 27 heavy (non-hydrogen) atoms. The lowest BCUT2D eigenvalue weighted by Gasteiger charge is -2.23. The zero-order valence-electron chi connectivity index (χ0n) is 14.5. The summed E-state index contributed by atoms with van der Waals surface area (Å²) in [7, 11) is 1.48. The zero-order chi connectivity index (χ0) is 19.4. The summed E-state index contributed by atoms with van der Waals surface area (Å²) in [5.74, 6) is -1.17. The largest absolute Gasteiger partial charge is 0.459 e. The minimum atomic E-state index is -0.930. The van der Waals surface area contributed by atoms with Crippen molar-refractivity contribution in [1.82, 2.24) is 20.7 Å². The molecule has 1 aromatic carbocycles. The SMILES string of the molecule is CNC(=O)CC1C(=O)N(Cc2ccccc2)C(=S)N1NC(=O)c1ccco1. The molecule has 3 rings (SSSR count). The van der Waals surface area contributed by atoms with Crippen molar-refractivity contribution in [1.29, 1.82) is 0 Å². The summed E-state index contributed by atoms with van der Waals surface area (Å²) in [6.07, 6.45) is 1.23. The number of hydrogen-bond acceptors (Lipinski definition) is 5. The Kier molecular flexibility index (Phi) is 5.51. The Hall–Kier alpha value is -3.20. The maximum Gasteiger partial charge on any atom is 0.305 e. The van der Waals surface area contributed by atoms with Crippen LogP contribution in [-0.2, 0) is 16.1 Å². The van der Waals surface area contributed by atoms with Crippen molar-refractivity contribution >= 4 is 35.1 Å². The first-order chi connectivity index (χ1) is 13.0. The van der Waals surface area contributed by atoms with Gasteiger partial charge in [0.1, 0.15) is 6.04 Å². The van der Waals surface area contributed by atoms with Gasteiger partial charge in [0.05, 0.1) is 19.2 Å². The fourth-order valence-electron chi connectivity index (χ4n) is 2.71. The van der Waals surface area contributed by atoms with E-state index in [4.69, 9.17) is 16.6 Å². The standard InChI is InChI=1S/C18H18N4O4S/c1-19-15(23)10-13-17(25)21(11-12-6-3-2-4-7-12)18(27)22(13)20-16(24)14-8-5-9-26-14/h2-9,13H,10-11H2,1H3,(H,19,23)(H,20,24). The number of carbonyl (C=O) groups is 3. The van der Waals surface area contributed by atoms with Gasteiger partial charge in [-0.05, 0) is 29.9 Å². The van der Waals surface area contributed by atoms with Crippen LogP contribution in [0.5, 0.6) is 0 Å². The van der Waals surface area contributed by atoms with Gasteiger partial charge in [0, 0.05) is 7.05 Å². The van der Waals surface area contributed by atoms with Crippen LogP contribution in [0.2, 0.25) is 0 Å². The Morgan fingerprint density at radius 2 is 1.93 bits per heavy atom. The van der Waals surface area contributed by atoms with Crippen LogP contribution >= 0.6 is 12.2 Å². The van der Waals surface area contributed by atoms with Gasteiger partial charge in [-0.25, -0.2) is 5.01 Å². The molecular formula is C18H18N4O4S. The summed E-state index contributed by atoms with van der Waals surface area (Å²) in [4.78, 5) is 38.5. The van der Waals surface area contributed by atoms with Gasteiger partial charge in [-0.2, -0.15) is 0 Å². The minimum Gasteiger partial charge on any atom is -0.459 e. The molecule has 3 amide bonds. The number of amides is 3. The third-order valence-electron chi connectivity index (χ3n) is 4.11. The van der Waals surface area contributed by atoms with Crippen LogP contribution in [0.4, 0.5) is 0 Å². The summed E-state index contributed by atoms with van der Waals surface area (Å²) in [5.41, 5.74) is 3.45. The van der Waals surface area contributed by atoms with Gasteiger partial charge in [0.25, 0.3) is 5.91 Å². The van der Waals surface area contributed by atoms with E-state index < -0.39 is 11.9 Å². The van der Waals surface area contributed by atoms with E-state index >= 15 is 0 Å². The van der Waals surface area contributed by atoms with E-state index in [1.165, 1.54) is 29.3 Å². The van der Waals surface area contributed by atoms with Crippen LogP contribution < -0.4 is 10.7 Å². The molecule has 1 aliphatic rings. The molecule has 2 heterocycles. The van der Waals surface area contributed by atoms with E-state index in [1.54, 1.807) is 6.07 Å². The molecule has 1 saturated heterocycles. The summed E-state index contributed by atoms with van der Waals surface area (Å²) in [6, 6.07) is 11.5. The van der Waals surface area contributed by atoms with Crippen molar-refractivity contribution in [3.63, 3.8) is 0 Å². The average Bonchev–Trinajstić information content (AvgIpc) is 3.28. The van der Waals surface area contributed by atoms with Gasteiger partial charge in [0.15, 0.2) is 10.9 Å². The van der Waals surface area contributed by atoms with E-state index in [1.807, 2.05) is 30.3 Å². The Morgan fingerprint density at radius 3 is 2.56 bits per heavy atom. The van der Waals surface area contributed by atoms with E-state index in [9.17, 15) is 14.4 Å². The molecule has 2 N–H and O–H groups in total. The van der Waals surface area contributed by atoms with E-state index in [2.05, 4.69) is 10.7 Å². The molecule has 8 nitrogen and oxygen atoms in total. The highest BCUT2D eigenvalue weighted by Gasteiger charge is 2.44. The number of furan rings is 1. The second-order valence-corrected chi connectivity index (χ2v) is 6.24. The van der Waals surface area contributed by atoms with Gasteiger partial charge < -0.3 is 9.73 Å². The molecule has 9 heteroatoms. The molecule has 1 fully saturated rings. The summed E-state index contributed by atoms with van der Waals surface area (Å²) in [5, 5.41) is 3.86. The van der Waals surface area contributed by atoms with Crippen LogP contribution in [-0.4, -0.2) is 45.8 Å². The molecule has 140 valence electrons. The molecule has 1 aliphatic heterocycles. The van der Waals surface area contributed by atoms with Crippen LogP contribution in [0.15, 0.2) is 53.1 Å². The van der Waals surface area contributed by atoms with Crippen molar-refractivity contribution < 1.29 is 18.8 Å². The maximum absolute atomic E-state index is 12.9. The number of hydrogen-bond donors (Lipinski definition) is 2. The highest BCUT2D eigenvalue weighted by molar-refractivity contribution is 7.80. The molecule has 1 aromatic heterocycles. The molecule has 2 aromatic rings. The fraction of sp³-hybridized carbons (Fsp3) is 0.222. The van der Waals surface area contributed by atoms with Gasteiger partial charge >= 0.3 is 5.91 Å². The number of nitrogens with one attached hydrogen (secondary N) is 2. The molecule has 0 saturated carbocycles. The maximum atomic E-state index is 12.9. The zero-order valence-corrected chi connectivity index (χ0v) is 15.4. The van der Waals surface area contributed by atoms with Gasteiger partial charge in [-0.3, -0.25) is 24.7 Å². The Bertz CT molecular complexity index is 854. The lowest BCUT2D eigenvalue weighted by atomic mass is 10.1. The summed E-state index contributed by atoms with van der Waals surface area (Å²) in [6.45, 7) is 0.246. The smallest absolute Gasteiger partial charge is 0.305 e. The van der Waals surface area contributed by atoms with Crippen molar-refractivity contribution in [3.05, 3.63) is 60.1 Å². The first-order valence-corrected chi connectivity index (χ1v) is 8.65. The first-order valence-electron chi connectivity index (χ1n) is 8.25. The number of nitrogens with zero attached hydrogens (tertiary/aromatic N) is 2. The van der Waals surface area contributed by atoms with E-state index in [0.29, 0.717) is 0 Å². The topological polar surface area (TPSA) is 94.9 Å². The van der Waals surface area contributed by atoms with Crippen molar-refractivity contribution in [2.45, 2.75) is 19.0 Å². The third-order valence-corrected chi connectivity index (χ3v) is 4.52. The van der Waals surface area contributed by atoms with Crippen LogP contribution in [0, 0.1) is 0 Å². The molecule has 1 atom stereocenters. The fourth-order valence-corrected chi connectivity index (χ4v) is 3.04. The summed E-state index contributed by atoms with van der Waals surface area (Å²) < 4.78 is 5.07. The predicted octanol–water partition coefficient (Wildman–Crippen LogP) is 1.06. The van der Waals surface area contributed by atoms with Gasteiger partial charge in [-0.1, -0.05) is 30.3 Å². The first kappa shape index (κ1) is 18.6. The van der Waals surface area contributed by atoms with E-state index in [0.717, 1.165) is 5.56 Å². The van der Waals surface area contributed by atoms with E-state index in [-0.39, 0.29) is 35.7 Å². The number of thiocarbonyl (C=S) groups is 1. The van der Waals surface area contributed by atoms with Gasteiger partial charge in [-0.15, -0.1) is 0 Å². The lowest BCUT2D eigenvalue weighted by Crippen LogP contribution is -2.49. The second kappa shape index (κ2) is 8.00. The monoisotopic (exact) mass is 386 g/mol. The number of rotatable bonds is 6. The molecular weight excluding hydrogens is 368 g/mol. The Morgan fingerprint density at radius 1 is 1.19 bits per heavy atom. The highest BCUT2D eigenvalue weighted by atomic mass is 32.1. The van der Waals surface area contributed by atoms with Crippen molar-refractivity contribution in [2.75, 3.05) is 7.05 Å². The minimum absolute atomic E-state index is 0.0745. The molecule has 0 aliphatic carbocycles.